The van der Waals surface area contributed by atoms with Crippen molar-refractivity contribution in [2.45, 2.75) is 52.9 Å². The smallest absolute Gasteiger partial charge is 0.351 e. The standard InChI is InChI=1S/C32H32F3N5OS/c1-18(2)30(41)37-25-14-13-22(16-19(25)3)40-29(28(38-31(40)42)26-11-8-9-15-36-26)23-17-20(4)39(21(23)5)27-12-7-6-10-24(27)32(33,34)35/h6-18,28-29H,1-5H3,(H,37,41)(H,38,42). The molecule has 3 heterocycles. The van der Waals surface area contributed by atoms with Crippen LogP contribution in [0.25, 0.3) is 5.69 Å². The monoisotopic (exact) mass is 591 g/mol. The molecule has 1 fully saturated rings. The first-order valence-electron chi connectivity index (χ1n) is 13.7. The van der Waals surface area contributed by atoms with Crippen molar-refractivity contribution in [3.8, 4) is 5.69 Å². The summed E-state index contributed by atoms with van der Waals surface area (Å²) in [5.74, 6) is -0.246. The number of benzene rings is 2. The van der Waals surface area contributed by atoms with E-state index in [4.69, 9.17) is 12.2 Å². The van der Waals surface area contributed by atoms with Gasteiger partial charge in [0.1, 0.15) is 0 Å². The van der Waals surface area contributed by atoms with Gasteiger partial charge in [-0.15, -0.1) is 0 Å². The number of pyridine rings is 1. The van der Waals surface area contributed by atoms with E-state index < -0.39 is 17.8 Å². The van der Waals surface area contributed by atoms with Gasteiger partial charge in [0.05, 0.1) is 29.0 Å². The van der Waals surface area contributed by atoms with E-state index >= 15 is 0 Å². The quantitative estimate of drug-likeness (QED) is 0.226. The molecule has 0 radical (unpaired) electrons. The number of nitrogens with one attached hydrogen (secondary N) is 2. The summed E-state index contributed by atoms with van der Waals surface area (Å²) >= 11 is 5.86. The van der Waals surface area contributed by atoms with Crippen LogP contribution in [0, 0.1) is 26.7 Å². The zero-order chi connectivity index (χ0) is 30.3. The zero-order valence-corrected chi connectivity index (χ0v) is 24.8. The second-order valence-electron chi connectivity index (χ2n) is 10.8. The van der Waals surface area contributed by atoms with E-state index in [9.17, 15) is 18.0 Å². The minimum Gasteiger partial charge on any atom is -0.351 e. The molecule has 2 aromatic carbocycles. The SMILES string of the molecule is Cc1cc(N2C(=S)NC(c3ccccn3)C2c2cc(C)n(-c3ccccc3C(F)(F)F)c2C)ccc1NC(=O)C(C)C. The number of carbonyl (C=O) groups is 1. The second kappa shape index (κ2) is 11.2. The van der Waals surface area contributed by atoms with E-state index in [1.165, 1.54) is 12.1 Å². The Bertz CT molecular complexity index is 1650. The maximum Gasteiger partial charge on any atom is 0.418 e. The Morgan fingerprint density at radius 1 is 1.02 bits per heavy atom. The molecule has 1 aliphatic rings. The van der Waals surface area contributed by atoms with Gasteiger partial charge < -0.3 is 20.1 Å². The van der Waals surface area contributed by atoms with Gasteiger partial charge in [-0.05, 0) is 92.6 Å². The van der Waals surface area contributed by atoms with Crippen LogP contribution in [0.4, 0.5) is 24.5 Å². The van der Waals surface area contributed by atoms with Gasteiger partial charge in [-0.1, -0.05) is 32.0 Å². The van der Waals surface area contributed by atoms with Gasteiger partial charge in [-0.25, -0.2) is 0 Å². The molecule has 1 saturated heterocycles. The molecule has 2 N–H and O–H groups in total. The van der Waals surface area contributed by atoms with Crippen LogP contribution >= 0.6 is 12.2 Å². The molecular formula is C32H32F3N5OS. The zero-order valence-electron chi connectivity index (χ0n) is 24.0. The van der Waals surface area contributed by atoms with Crippen LogP contribution in [-0.4, -0.2) is 20.6 Å². The molecule has 6 nitrogen and oxygen atoms in total. The van der Waals surface area contributed by atoms with E-state index in [2.05, 4.69) is 15.6 Å². The van der Waals surface area contributed by atoms with Crippen molar-refractivity contribution in [1.29, 1.82) is 0 Å². The Morgan fingerprint density at radius 2 is 1.74 bits per heavy atom. The van der Waals surface area contributed by atoms with Gasteiger partial charge in [-0.2, -0.15) is 13.2 Å². The highest BCUT2D eigenvalue weighted by Gasteiger charge is 2.43. The molecule has 1 aliphatic heterocycles. The number of para-hydroxylation sites is 1. The Morgan fingerprint density at radius 3 is 2.38 bits per heavy atom. The predicted molar refractivity (Wildman–Crippen MR) is 163 cm³/mol. The van der Waals surface area contributed by atoms with Gasteiger partial charge >= 0.3 is 6.18 Å². The summed E-state index contributed by atoms with van der Waals surface area (Å²) in [6, 6.07) is 18.1. The van der Waals surface area contributed by atoms with Crippen molar-refractivity contribution >= 4 is 34.6 Å². The summed E-state index contributed by atoms with van der Waals surface area (Å²) in [7, 11) is 0. The molecule has 42 heavy (non-hydrogen) atoms. The number of alkyl halides is 3. The minimum atomic E-state index is -4.51. The lowest BCUT2D eigenvalue weighted by atomic mass is 9.96. The van der Waals surface area contributed by atoms with E-state index in [1.54, 1.807) is 23.8 Å². The summed E-state index contributed by atoms with van der Waals surface area (Å²) in [5.41, 5.74) is 4.63. The van der Waals surface area contributed by atoms with Crippen LogP contribution in [0.2, 0.25) is 0 Å². The van der Waals surface area contributed by atoms with Gasteiger partial charge in [0, 0.05) is 34.9 Å². The van der Waals surface area contributed by atoms with Crippen LogP contribution in [0.1, 0.15) is 59.7 Å². The number of carbonyl (C=O) groups excluding carboxylic acids is 1. The van der Waals surface area contributed by atoms with E-state index in [0.717, 1.165) is 28.6 Å². The fraction of sp³-hybridized carbons (Fsp3) is 0.281. The molecule has 2 unspecified atom stereocenters. The number of halogens is 3. The number of rotatable bonds is 6. The Labute approximate surface area is 248 Å². The average molecular weight is 592 g/mol. The minimum absolute atomic E-state index is 0.0711. The Hall–Kier alpha value is -4.18. The number of aromatic nitrogens is 2. The van der Waals surface area contributed by atoms with Gasteiger partial charge in [0.25, 0.3) is 0 Å². The van der Waals surface area contributed by atoms with Gasteiger partial charge in [0.15, 0.2) is 5.11 Å². The third-order valence-electron chi connectivity index (χ3n) is 7.61. The average Bonchev–Trinajstić information content (AvgIpc) is 3.44. The number of thiocarbonyl (C=S) groups is 1. The molecule has 2 aromatic heterocycles. The first-order valence-corrected chi connectivity index (χ1v) is 14.1. The van der Waals surface area contributed by atoms with Crippen molar-refractivity contribution in [1.82, 2.24) is 14.9 Å². The fourth-order valence-corrected chi connectivity index (χ4v) is 5.88. The number of hydrogen-bond donors (Lipinski definition) is 2. The van der Waals surface area contributed by atoms with Gasteiger partial charge in [-0.3, -0.25) is 9.78 Å². The molecule has 4 aromatic rings. The van der Waals surface area contributed by atoms with Crippen molar-refractivity contribution < 1.29 is 18.0 Å². The topological polar surface area (TPSA) is 62.2 Å². The third-order valence-corrected chi connectivity index (χ3v) is 7.92. The first-order chi connectivity index (χ1) is 19.9. The van der Waals surface area contributed by atoms with Gasteiger partial charge in [0.2, 0.25) is 5.91 Å². The van der Waals surface area contributed by atoms with E-state index in [-0.39, 0.29) is 23.6 Å². The molecule has 218 valence electrons. The van der Waals surface area contributed by atoms with Crippen LogP contribution in [0.15, 0.2) is 72.9 Å². The van der Waals surface area contributed by atoms with Crippen LogP contribution in [0.5, 0.6) is 0 Å². The first kappa shape index (κ1) is 29.3. The number of aryl methyl sites for hydroxylation is 2. The Balaban J connectivity index is 1.65. The van der Waals surface area contributed by atoms with Crippen molar-refractivity contribution in [3.63, 3.8) is 0 Å². The lowest BCUT2D eigenvalue weighted by Gasteiger charge is -2.29. The Kier molecular flexibility index (Phi) is 7.85. The summed E-state index contributed by atoms with van der Waals surface area (Å²) in [6.45, 7) is 9.22. The largest absolute Gasteiger partial charge is 0.418 e. The van der Waals surface area contributed by atoms with E-state index in [1.807, 2.05) is 75.1 Å². The number of amides is 1. The highest BCUT2D eigenvalue weighted by atomic mass is 32.1. The second-order valence-corrected chi connectivity index (χ2v) is 11.2. The normalized spacial score (nSPS) is 17.1. The van der Waals surface area contributed by atoms with Crippen LogP contribution in [0.3, 0.4) is 0 Å². The van der Waals surface area contributed by atoms with Crippen molar-refractivity contribution in [2.75, 3.05) is 10.2 Å². The molecule has 5 rings (SSSR count). The van der Waals surface area contributed by atoms with Crippen LogP contribution < -0.4 is 15.5 Å². The molecule has 0 aliphatic carbocycles. The number of nitrogens with zero attached hydrogens (tertiary/aromatic N) is 3. The summed E-state index contributed by atoms with van der Waals surface area (Å²) in [5, 5.41) is 6.84. The maximum absolute atomic E-state index is 14.0. The number of hydrogen-bond acceptors (Lipinski definition) is 3. The number of anilines is 2. The maximum atomic E-state index is 14.0. The lowest BCUT2D eigenvalue weighted by Crippen LogP contribution is -2.29. The predicted octanol–water partition coefficient (Wildman–Crippen LogP) is 7.59. The lowest BCUT2D eigenvalue weighted by molar-refractivity contribution is -0.137. The third kappa shape index (κ3) is 5.38. The fourth-order valence-electron chi connectivity index (χ4n) is 5.53. The molecule has 0 saturated carbocycles. The van der Waals surface area contributed by atoms with Crippen molar-refractivity contribution in [3.05, 3.63) is 107 Å². The van der Waals surface area contributed by atoms with E-state index in [0.29, 0.717) is 22.2 Å². The summed E-state index contributed by atoms with van der Waals surface area (Å²) < 4.78 is 43.8. The molecule has 2 atom stereocenters. The molecule has 0 spiro atoms. The summed E-state index contributed by atoms with van der Waals surface area (Å²) in [6.07, 6.45) is -2.80. The highest BCUT2D eigenvalue weighted by molar-refractivity contribution is 7.80. The molecule has 1 amide bonds. The summed E-state index contributed by atoms with van der Waals surface area (Å²) in [4.78, 5) is 18.9. The molecule has 10 heteroatoms. The highest BCUT2D eigenvalue weighted by Crippen LogP contribution is 2.45. The molecule has 0 bridgehead atoms. The van der Waals surface area contributed by atoms with Crippen LogP contribution in [-0.2, 0) is 11.0 Å². The van der Waals surface area contributed by atoms with Crippen molar-refractivity contribution in [2.24, 2.45) is 5.92 Å². The molecular weight excluding hydrogens is 559 g/mol.